The summed E-state index contributed by atoms with van der Waals surface area (Å²) in [5, 5.41) is 6.46. The number of nitrogens with zero attached hydrogens (tertiary/aromatic N) is 3. The Hall–Kier alpha value is -3.78. The van der Waals surface area contributed by atoms with Gasteiger partial charge in [-0.05, 0) is 47.5 Å². The molecule has 2 atom stereocenters. The van der Waals surface area contributed by atoms with Gasteiger partial charge in [0.05, 0.1) is 18.9 Å². The summed E-state index contributed by atoms with van der Waals surface area (Å²) in [6, 6.07) is 22.8. The van der Waals surface area contributed by atoms with Crippen LogP contribution in [0.5, 0.6) is 5.75 Å². The topological polar surface area (TPSA) is 71.3 Å². The number of hydrogen-bond donors (Lipinski definition) is 0. The van der Waals surface area contributed by atoms with E-state index in [0.29, 0.717) is 17.2 Å². The fraction of sp³-hybridized carbons (Fsp3) is 0.185. The minimum absolute atomic E-state index is 0.0154. The molecule has 3 aromatic rings. The van der Waals surface area contributed by atoms with Gasteiger partial charge in [0.1, 0.15) is 16.8 Å². The summed E-state index contributed by atoms with van der Waals surface area (Å²) < 4.78 is 18.5. The molecule has 5 rings (SSSR count). The number of rotatable bonds is 6. The lowest BCUT2D eigenvalue weighted by Crippen LogP contribution is -2.24. The number of ketones is 1. The molecule has 35 heavy (non-hydrogen) atoms. The van der Waals surface area contributed by atoms with Crippen molar-refractivity contribution in [2.45, 2.75) is 24.1 Å². The molecule has 2 aliphatic heterocycles. The number of aliphatic imine (C=N–C) groups is 1. The van der Waals surface area contributed by atoms with Crippen LogP contribution in [0.25, 0.3) is 0 Å². The van der Waals surface area contributed by atoms with Crippen LogP contribution in [0.1, 0.15) is 40.4 Å². The predicted molar refractivity (Wildman–Crippen MR) is 134 cm³/mol. The van der Waals surface area contributed by atoms with Crippen LogP contribution in [0.4, 0.5) is 4.39 Å². The van der Waals surface area contributed by atoms with E-state index in [0.717, 1.165) is 22.6 Å². The number of Topliss-reactive ketones (excluding diaryl/α,β-unsaturated/α-hetero) is 1. The molecule has 2 heterocycles. The highest BCUT2D eigenvalue weighted by Crippen LogP contribution is 2.39. The van der Waals surface area contributed by atoms with E-state index in [1.807, 2.05) is 54.6 Å². The minimum atomic E-state index is -0.643. The second kappa shape index (κ2) is 9.84. The van der Waals surface area contributed by atoms with E-state index in [1.54, 1.807) is 12.1 Å². The highest BCUT2D eigenvalue weighted by molar-refractivity contribution is 8.15. The van der Waals surface area contributed by atoms with Crippen molar-refractivity contribution in [2.75, 3.05) is 7.11 Å². The van der Waals surface area contributed by atoms with E-state index in [9.17, 15) is 14.0 Å². The minimum Gasteiger partial charge on any atom is -0.497 e. The lowest BCUT2D eigenvalue weighted by Gasteiger charge is -2.23. The second-order valence-electron chi connectivity index (χ2n) is 8.22. The molecule has 6 nitrogen and oxygen atoms in total. The maximum absolute atomic E-state index is 13.2. The van der Waals surface area contributed by atoms with Crippen LogP contribution >= 0.6 is 11.8 Å². The van der Waals surface area contributed by atoms with Crippen molar-refractivity contribution in [1.82, 2.24) is 5.01 Å². The first-order valence-electron chi connectivity index (χ1n) is 11.2. The molecule has 0 unspecified atom stereocenters. The van der Waals surface area contributed by atoms with Crippen molar-refractivity contribution >= 4 is 34.3 Å². The Bertz CT molecular complexity index is 1310. The zero-order chi connectivity index (χ0) is 24.4. The summed E-state index contributed by atoms with van der Waals surface area (Å²) in [6.45, 7) is 0. The number of benzene rings is 3. The lowest BCUT2D eigenvalue weighted by atomic mass is 9.98. The van der Waals surface area contributed by atoms with E-state index in [2.05, 4.69) is 4.99 Å². The Morgan fingerprint density at radius 1 is 1.06 bits per heavy atom. The number of methoxy groups -OCH3 is 1. The number of carbonyl (C=O) groups excluding carboxylic acids is 2. The average molecular weight is 488 g/mol. The maximum atomic E-state index is 13.2. The first-order valence-corrected chi connectivity index (χ1v) is 12.0. The van der Waals surface area contributed by atoms with Crippen LogP contribution in [0.15, 0.2) is 89.0 Å². The molecule has 1 amide bonds. The molecule has 0 fully saturated rings. The molecule has 0 N–H and O–H groups in total. The van der Waals surface area contributed by atoms with E-state index in [1.165, 1.54) is 36.0 Å². The van der Waals surface area contributed by atoms with Gasteiger partial charge in [0.25, 0.3) is 5.91 Å². The van der Waals surface area contributed by atoms with E-state index >= 15 is 0 Å². The van der Waals surface area contributed by atoms with Crippen LogP contribution in [-0.4, -0.2) is 39.9 Å². The molecular formula is C27H22FN3O3S. The molecule has 0 spiro atoms. The summed E-state index contributed by atoms with van der Waals surface area (Å²) in [4.78, 5) is 29.7. The largest absolute Gasteiger partial charge is 0.497 e. The van der Waals surface area contributed by atoms with Gasteiger partial charge >= 0.3 is 0 Å². The third-order valence-electron chi connectivity index (χ3n) is 5.98. The molecule has 3 aromatic carbocycles. The number of ether oxygens (including phenoxy) is 1. The van der Waals surface area contributed by atoms with Crippen molar-refractivity contribution in [2.24, 2.45) is 10.1 Å². The Morgan fingerprint density at radius 3 is 2.46 bits per heavy atom. The monoisotopic (exact) mass is 487 g/mol. The molecule has 0 radical (unpaired) electrons. The molecule has 0 saturated heterocycles. The summed E-state index contributed by atoms with van der Waals surface area (Å²) in [7, 11) is 1.62. The third kappa shape index (κ3) is 4.88. The quantitative estimate of drug-likeness (QED) is 0.444. The molecular weight excluding hydrogens is 465 g/mol. The Labute approximate surface area is 206 Å². The third-order valence-corrected chi connectivity index (χ3v) is 7.12. The molecule has 0 aliphatic carbocycles. The van der Waals surface area contributed by atoms with Crippen molar-refractivity contribution < 1.29 is 18.7 Å². The fourth-order valence-corrected chi connectivity index (χ4v) is 5.17. The van der Waals surface area contributed by atoms with Gasteiger partial charge in [-0.1, -0.05) is 54.2 Å². The zero-order valence-electron chi connectivity index (χ0n) is 18.9. The highest BCUT2D eigenvalue weighted by atomic mass is 32.2. The van der Waals surface area contributed by atoms with Gasteiger partial charge in [0.2, 0.25) is 0 Å². The molecule has 2 aliphatic rings. The SMILES string of the molecule is COc1ccc([C@@H]2CC(c3ccccc3)=NN2C2=NC(=O)[C@H](CC(=O)c3ccc(F)cc3)S2)cc1. The number of hydrazone groups is 1. The molecule has 0 aromatic heterocycles. The normalized spacial score (nSPS) is 19.5. The van der Waals surface area contributed by atoms with Gasteiger partial charge in [-0.15, -0.1) is 0 Å². The van der Waals surface area contributed by atoms with Crippen molar-refractivity contribution in [1.29, 1.82) is 0 Å². The van der Waals surface area contributed by atoms with Gasteiger partial charge < -0.3 is 4.74 Å². The summed E-state index contributed by atoms with van der Waals surface area (Å²) in [5.41, 5.74) is 3.29. The molecule has 0 saturated carbocycles. The van der Waals surface area contributed by atoms with Gasteiger partial charge in [-0.2, -0.15) is 10.1 Å². The second-order valence-corrected chi connectivity index (χ2v) is 9.39. The Morgan fingerprint density at radius 2 is 1.77 bits per heavy atom. The standard InChI is InChI=1S/C27H22FN3O3S/c1-34-21-13-9-18(10-14-21)23-15-22(17-5-3-2-4-6-17)30-31(23)27-29-26(33)25(35-27)16-24(32)19-7-11-20(28)12-8-19/h2-14,23,25H,15-16H2,1H3/t23-,25-/m0/s1. The van der Waals surface area contributed by atoms with Gasteiger partial charge in [-0.25, -0.2) is 9.40 Å². The number of hydrogen-bond acceptors (Lipinski definition) is 6. The fourth-order valence-electron chi connectivity index (χ4n) is 4.10. The molecule has 176 valence electrons. The zero-order valence-corrected chi connectivity index (χ0v) is 19.7. The number of thioether (sulfide) groups is 1. The van der Waals surface area contributed by atoms with Crippen molar-refractivity contribution in [3.8, 4) is 5.75 Å². The number of halogens is 1. The van der Waals surface area contributed by atoms with Crippen LogP contribution in [0, 0.1) is 5.82 Å². The van der Waals surface area contributed by atoms with E-state index in [-0.39, 0.29) is 24.2 Å². The van der Waals surface area contributed by atoms with Crippen LogP contribution in [0.3, 0.4) is 0 Å². The Balaban J connectivity index is 1.39. The van der Waals surface area contributed by atoms with Crippen molar-refractivity contribution in [3.05, 3.63) is 101 Å². The Kier molecular flexibility index (Phi) is 6.46. The van der Waals surface area contributed by atoms with Crippen LogP contribution in [-0.2, 0) is 4.79 Å². The van der Waals surface area contributed by atoms with E-state index in [4.69, 9.17) is 9.84 Å². The highest BCUT2D eigenvalue weighted by Gasteiger charge is 2.39. The van der Waals surface area contributed by atoms with Crippen molar-refractivity contribution in [3.63, 3.8) is 0 Å². The van der Waals surface area contributed by atoms with Gasteiger partial charge in [-0.3, -0.25) is 9.59 Å². The summed E-state index contributed by atoms with van der Waals surface area (Å²) in [5.74, 6) is -0.250. The predicted octanol–water partition coefficient (Wildman–Crippen LogP) is 5.26. The molecule has 0 bridgehead atoms. The number of carbonyl (C=O) groups is 2. The molecule has 8 heteroatoms. The number of amidine groups is 1. The van der Waals surface area contributed by atoms with Gasteiger partial charge in [0, 0.05) is 18.4 Å². The summed E-state index contributed by atoms with van der Waals surface area (Å²) in [6.07, 6.45) is 0.627. The smallest absolute Gasteiger partial charge is 0.262 e. The average Bonchev–Trinajstić information content (AvgIpc) is 3.49. The maximum Gasteiger partial charge on any atom is 0.262 e. The van der Waals surface area contributed by atoms with Crippen LogP contribution < -0.4 is 4.74 Å². The summed E-state index contributed by atoms with van der Waals surface area (Å²) >= 11 is 1.25. The number of amides is 1. The first-order chi connectivity index (χ1) is 17.0. The van der Waals surface area contributed by atoms with Crippen LogP contribution in [0.2, 0.25) is 0 Å². The van der Waals surface area contributed by atoms with Gasteiger partial charge in [0.15, 0.2) is 11.0 Å². The van der Waals surface area contributed by atoms with E-state index < -0.39 is 11.1 Å². The first kappa shape index (κ1) is 23.0. The lowest BCUT2D eigenvalue weighted by molar-refractivity contribution is -0.117.